The maximum Gasteiger partial charge on any atom is 0.0601 e. The van der Waals surface area contributed by atoms with Crippen molar-refractivity contribution in [1.29, 1.82) is 0 Å². The summed E-state index contributed by atoms with van der Waals surface area (Å²) in [5.74, 6) is 1.87. The van der Waals surface area contributed by atoms with Crippen molar-refractivity contribution in [2.45, 2.75) is 25.9 Å². The fourth-order valence-electron chi connectivity index (χ4n) is 1.79. The Morgan fingerprint density at radius 3 is 2.30 bits per heavy atom. The van der Waals surface area contributed by atoms with Crippen molar-refractivity contribution in [2.24, 2.45) is 11.8 Å². The van der Waals surface area contributed by atoms with Gasteiger partial charge in [-0.3, -0.25) is 0 Å². The molecule has 2 heteroatoms. The van der Waals surface area contributed by atoms with Gasteiger partial charge in [0.25, 0.3) is 0 Å². The molecule has 2 aliphatic rings. The molecule has 2 fully saturated rings. The van der Waals surface area contributed by atoms with E-state index in [-0.39, 0.29) is 0 Å². The van der Waals surface area contributed by atoms with Crippen molar-refractivity contribution in [2.75, 3.05) is 13.1 Å². The van der Waals surface area contributed by atoms with E-state index in [1.54, 1.807) is 0 Å². The number of rotatable bonds is 2. The predicted molar refractivity (Wildman–Crippen MR) is 41.7 cm³/mol. The van der Waals surface area contributed by atoms with Gasteiger partial charge in [0.05, 0.1) is 6.17 Å². The van der Waals surface area contributed by atoms with Gasteiger partial charge in [0.15, 0.2) is 0 Å². The summed E-state index contributed by atoms with van der Waals surface area (Å²) in [5, 5.41) is 6.93. The lowest BCUT2D eigenvalue weighted by Crippen LogP contribution is -2.38. The van der Waals surface area contributed by atoms with Crippen LogP contribution in [0.15, 0.2) is 0 Å². The lowest BCUT2D eigenvalue weighted by molar-refractivity contribution is 0.350. The van der Waals surface area contributed by atoms with Gasteiger partial charge in [0.2, 0.25) is 0 Å². The molecule has 1 unspecified atom stereocenters. The highest BCUT2D eigenvalue weighted by Crippen LogP contribution is 2.37. The van der Waals surface area contributed by atoms with Crippen LogP contribution in [-0.4, -0.2) is 19.3 Å². The fraction of sp³-hybridized carbons (Fsp3) is 1.00. The smallest absolute Gasteiger partial charge is 0.0601 e. The first-order valence-corrected chi connectivity index (χ1v) is 4.34. The van der Waals surface area contributed by atoms with Crippen molar-refractivity contribution in [1.82, 2.24) is 10.6 Å². The lowest BCUT2D eigenvalue weighted by atomic mass is 10.0. The van der Waals surface area contributed by atoms with E-state index in [1.807, 2.05) is 0 Å². The number of nitrogens with one attached hydrogen (secondary N) is 2. The molecule has 2 rings (SSSR count). The quantitative estimate of drug-likeness (QED) is 0.585. The van der Waals surface area contributed by atoms with Crippen LogP contribution in [0.25, 0.3) is 0 Å². The van der Waals surface area contributed by atoms with Crippen LogP contribution in [0.4, 0.5) is 0 Å². The highest BCUT2D eigenvalue weighted by molar-refractivity contribution is 4.87. The third kappa shape index (κ3) is 1.18. The van der Waals surface area contributed by atoms with Crippen LogP contribution in [0.3, 0.4) is 0 Å². The molecule has 1 saturated heterocycles. The second kappa shape index (κ2) is 2.51. The molecule has 0 amide bonds. The average Bonchev–Trinajstić information content (AvgIpc) is 2.65. The average molecular weight is 140 g/mol. The number of hydrogen-bond donors (Lipinski definition) is 2. The molecule has 1 saturated carbocycles. The molecule has 1 aliphatic heterocycles. The predicted octanol–water partition coefficient (Wildman–Crippen LogP) is 0.551. The third-order valence-corrected chi connectivity index (χ3v) is 2.74. The van der Waals surface area contributed by atoms with Crippen LogP contribution >= 0.6 is 0 Å². The van der Waals surface area contributed by atoms with E-state index < -0.39 is 0 Å². The molecule has 0 spiro atoms. The van der Waals surface area contributed by atoms with Crippen molar-refractivity contribution in [3.63, 3.8) is 0 Å². The minimum absolute atomic E-state index is 0.618. The van der Waals surface area contributed by atoms with Gasteiger partial charge in [-0.25, -0.2) is 0 Å². The Morgan fingerprint density at radius 1 is 1.20 bits per heavy atom. The zero-order valence-corrected chi connectivity index (χ0v) is 6.56. The normalized spacial score (nSPS) is 30.9. The molecule has 58 valence electrons. The first-order chi connectivity index (χ1) is 4.88. The first-order valence-electron chi connectivity index (χ1n) is 4.34. The van der Waals surface area contributed by atoms with Gasteiger partial charge in [0.1, 0.15) is 0 Å². The first kappa shape index (κ1) is 6.62. The second-order valence-electron chi connectivity index (χ2n) is 3.58. The van der Waals surface area contributed by atoms with E-state index in [0.29, 0.717) is 6.17 Å². The highest BCUT2D eigenvalue weighted by atomic mass is 15.2. The summed E-state index contributed by atoms with van der Waals surface area (Å²) in [7, 11) is 0. The van der Waals surface area contributed by atoms with E-state index in [4.69, 9.17) is 0 Å². The molecule has 1 heterocycles. The lowest BCUT2D eigenvalue weighted by Gasteiger charge is -2.18. The van der Waals surface area contributed by atoms with Crippen molar-refractivity contribution < 1.29 is 0 Å². The summed E-state index contributed by atoms with van der Waals surface area (Å²) in [5.41, 5.74) is 0. The molecule has 1 aliphatic carbocycles. The van der Waals surface area contributed by atoms with Crippen LogP contribution in [0, 0.1) is 11.8 Å². The zero-order valence-electron chi connectivity index (χ0n) is 6.56. The van der Waals surface area contributed by atoms with Gasteiger partial charge in [-0.15, -0.1) is 0 Å². The van der Waals surface area contributed by atoms with Gasteiger partial charge in [-0.2, -0.15) is 0 Å². The van der Waals surface area contributed by atoms with E-state index in [0.717, 1.165) is 24.9 Å². The van der Waals surface area contributed by atoms with Gasteiger partial charge in [-0.1, -0.05) is 6.92 Å². The molecule has 2 N–H and O–H groups in total. The van der Waals surface area contributed by atoms with Crippen molar-refractivity contribution in [3.8, 4) is 0 Å². The molecular formula is C8H16N2. The number of hydrogen-bond acceptors (Lipinski definition) is 2. The SMILES string of the molecule is CC(C1CC1)C1NCCN1. The van der Waals surface area contributed by atoms with Crippen LogP contribution in [0.1, 0.15) is 19.8 Å². The van der Waals surface area contributed by atoms with E-state index in [9.17, 15) is 0 Å². The molecular weight excluding hydrogens is 124 g/mol. The van der Waals surface area contributed by atoms with Crippen LogP contribution in [0.5, 0.6) is 0 Å². The van der Waals surface area contributed by atoms with Crippen molar-refractivity contribution >= 4 is 0 Å². The monoisotopic (exact) mass is 140 g/mol. The Hall–Kier alpha value is -0.0800. The summed E-state index contributed by atoms with van der Waals surface area (Å²) in [6.07, 6.45) is 3.54. The summed E-state index contributed by atoms with van der Waals surface area (Å²) in [6, 6.07) is 0. The van der Waals surface area contributed by atoms with Gasteiger partial charge in [0, 0.05) is 13.1 Å². The summed E-state index contributed by atoms with van der Waals surface area (Å²) in [6.45, 7) is 4.66. The van der Waals surface area contributed by atoms with E-state index >= 15 is 0 Å². The van der Waals surface area contributed by atoms with Gasteiger partial charge < -0.3 is 10.6 Å². The maximum atomic E-state index is 3.47. The standard InChI is InChI=1S/C8H16N2/c1-6(7-2-3-7)8-9-4-5-10-8/h6-10H,2-5H2,1H3. The molecule has 0 bridgehead atoms. The Morgan fingerprint density at radius 2 is 1.80 bits per heavy atom. The second-order valence-corrected chi connectivity index (χ2v) is 3.58. The molecule has 0 aromatic carbocycles. The topological polar surface area (TPSA) is 24.1 Å². The largest absolute Gasteiger partial charge is 0.300 e. The maximum absolute atomic E-state index is 3.47. The molecule has 10 heavy (non-hydrogen) atoms. The van der Waals surface area contributed by atoms with Gasteiger partial charge >= 0.3 is 0 Å². The highest BCUT2D eigenvalue weighted by Gasteiger charge is 2.33. The minimum atomic E-state index is 0.618. The minimum Gasteiger partial charge on any atom is -0.300 e. The fourth-order valence-corrected chi connectivity index (χ4v) is 1.79. The van der Waals surface area contributed by atoms with E-state index in [1.165, 1.54) is 12.8 Å². The van der Waals surface area contributed by atoms with Crippen LogP contribution < -0.4 is 10.6 Å². The van der Waals surface area contributed by atoms with Crippen LogP contribution in [-0.2, 0) is 0 Å². The third-order valence-electron chi connectivity index (χ3n) is 2.74. The molecule has 1 atom stereocenters. The molecule has 0 radical (unpaired) electrons. The molecule has 0 aromatic heterocycles. The summed E-state index contributed by atoms with van der Waals surface area (Å²) >= 11 is 0. The van der Waals surface area contributed by atoms with Gasteiger partial charge in [-0.05, 0) is 24.7 Å². The summed E-state index contributed by atoms with van der Waals surface area (Å²) < 4.78 is 0. The molecule has 2 nitrogen and oxygen atoms in total. The Balaban J connectivity index is 1.84. The van der Waals surface area contributed by atoms with E-state index in [2.05, 4.69) is 17.6 Å². The van der Waals surface area contributed by atoms with Crippen LogP contribution in [0.2, 0.25) is 0 Å². The van der Waals surface area contributed by atoms with Crippen molar-refractivity contribution in [3.05, 3.63) is 0 Å². The summed E-state index contributed by atoms with van der Waals surface area (Å²) in [4.78, 5) is 0. The Kier molecular flexibility index (Phi) is 1.66. The zero-order chi connectivity index (χ0) is 6.97. The Bertz CT molecular complexity index is 114. The Labute approximate surface area is 62.4 Å². The molecule has 0 aromatic rings.